The summed E-state index contributed by atoms with van der Waals surface area (Å²) in [5.41, 5.74) is 7.10. The molecule has 0 atom stereocenters. The lowest BCUT2D eigenvalue weighted by atomic mass is 10.2. The van der Waals surface area contributed by atoms with Crippen molar-refractivity contribution in [1.29, 1.82) is 0 Å². The number of benzene rings is 1. The SMILES string of the molecule is COCCCCC(C)=NC(N)=Nc1ccc(F)c(Cl)c1. The molecular weight excluding hydrogens is 281 g/mol. The molecule has 0 saturated carbocycles. The van der Waals surface area contributed by atoms with Crippen molar-refractivity contribution in [1.82, 2.24) is 0 Å². The maximum Gasteiger partial charge on any atom is 0.220 e. The molecule has 6 heteroatoms. The van der Waals surface area contributed by atoms with Gasteiger partial charge in [0.2, 0.25) is 5.96 Å². The molecule has 0 fully saturated rings. The van der Waals surface area contributed by atoms with Crippen LogP contribution in [-0.2, 0) is 4.74 Å². The van der Waals surface area contributed by atoms with Gasteiger partial charge >= 0.3 is 0 Å². The third-order valence-corrected chi connectivity index (χ3v) is 2.88. The van der Waals surface area contributed by atoms with E-state index in [2.05, 4.69) is 9.98 Å². The summed E-state index contributed by atoms with van der Waals surface area (Å²) in [7, 11) is 1.68. The molecule has 20 heavy (non-hydrogen) atoms. The van der Waals surface area contributed by atoms with Crippen LogP contribution in [0.5, 0.6) is 0 Å². The predicted octanol–water partition coefficient (Wildman–Crippen LogP) is 3.70. The van der Waals surface area contributed by atoms with Gasteiger partial charge in [-0.05, 0) is 44.4 Å². The van der Waals surface area contributed by atoms with E-state index in [1.54, 1.807) is 7.11 Å². The van der Waals surface area contributed by atoms with E-state index in [1.807, 2.05) is 6.92 Å². The Kier molecular flexibility index (Phi) is 7.18. The normalized spacial score (nSPS) is 12.8. The number of hydrogen-bond donors (Lipinski definition) is 1. The number of methoxy groups -OCH3 is 1. The molecule has 1 aromatic rings. The lowest BCUT2D eigenvalue weighted by molar-refractivity contribution is 0.193. The van der Waals surface area contributed by atoms with Gasteiger partial charge in [0.15, 0.2) is 0 Å². The smallest absolute Gasteiger partial charge is 0.220 e. The second-order valence-corrected chi connectivity index (χ2v) is 4.77. The first-order chi connectivity index (χ1) is 9.52. The molecule has 1 rings (SSSR count). The molecule has 0 aromatic heterocycles. The largest absolute Gasteiger partial charge is 0.385 e. The Balaban J connectivity index is 2.61. The maximum atomic E-state index is 13.0. The molecule has 0 unspecified atom stereocenters. The van der Waals surface area contributed by atoms with Crippen molar-refractivity contribution in [2.45, 2.75) is 26.2 Å². The molecule has 0 aliphatic heterocycles. The zero-order valence-corrected chi connectivity index (χ0v) is 12.5. The first-order valence-corrected chi connectivity index (χ1v) is 6.73. The molecule has 1 aromatic carbocycles. The maximum absolute atomic E-state index is 13.0. The number of hydrogen-bond acceptors (Lipinski definition) is 2. The number of nitrogens with two attached hydrogens (primary N) is 1. The van der Waals surface area contributed by atoms with Crippen LogP contribution in [0.15, 0.2) is 28.2 Å². The molecule has 0 aliphatic carbocycles. The fourth-order valence-corrected chi connectivity index (χ4v) is 1.77. The summed E-state index contributed by atoms with van der Waals surface area (Å²) in [6.07, 6.45) is 2.80. The van der Waals surface area contributed by atoms with Crippen LogP contribution in [0.4, 0.5) is 10.1 Å². The number of nitrogens with zero attached hydrogens (tertiary/aromatic N) is 2. The highest BCUT2D eigenvalue weighted by molar-refractivity contribution is 6.31. The van der Waals surface area contributed by atoms with Crippen molar-refractivity contribution >= 4 is 29.0 Å². The summed E-state index contributed by atoms with van der Waals surface area (Å²) in [5.74, 6) is -0.348. The van der Waals surface area contributed by atoms with Crippen LogP contribution >= 0.6 is 11.6 Å². The number of aliphatic imine (C=N–C) groups is 2. The average Bonchev–Trinajstić information content (AvgIpc) is 2.39. The fourth-order valence-electron chi connectivity index (χ4n) is 1.59. The Bertz CT molecular complexity index is 503. The minimum Gasteiger partial charge on any atom is -0.385 e. The molecule has 0 aliphatic rings. The van der Waals surface area contributed by atoms with Crippen LogP contribution < -0.4 is 5.73 Å². The Morgan fingerprint density at radius 3 is 2.80 bits per heavy atom. The van der Waals surface area contributed by atoms with E-state index in [1.165, 1.54) is 18.2 Å². The zero-order chi connectivity index (χ0) is 15.0. The minimum absolute atomic E-state index is 0.0133. The van der Waals surface area contributed by atoms with E-state index < -0.39 is 5.82 Å². The van der Waals surface area contributed by atoms with Crippen molar-refractivity contribution in [2.24, 2.45) is 15.7 Å². The van der Waals surface area contributed by atoms with Crippen molar-refractivity contribution in [2.75, 3.05) is 13.7 Å². The molecule has 0 heterocycles. The quantitative estimate of drug-likeness (QED) is 0.494. The second kappa shape index (κ2) is 8.66. The molecule has 0 spiro atoms. The van der Waals surface area contributed by atoms with Crippen LogP contribution in [0.2, 0.25) is 5.02 Å². The molecule has 4 nitrogen and oxygen atoms in total. The average molecular weight is 300 g/mol. The highest BCUT2D eigenvalue weighted by atomic mass is 35.5. The fraction of sp³-hybridized carbons (Fsp3) is 0.429. The number of ether oxygens (including phenoxy) is 1. The van der Waals surface area contributed by atoms with Crippen LogP contribution in [0, 0.1) is 5.82 Å². The van der Waals surface area contributed by atoms with Gasteiger partial charge in [-0.1, -0.05) is 11.6 Å². The van der Waals surface area contributed by atoms with Gasteiger partial charge in [0.1, 0.15) is 5.82 Å². The highest BCUT2D eigenvalue weighted by Gasteiger charge is 2.01. The number of rotatable bonds is 6. The Morgan fingerprint density at radius 1 is 1.40 bits per heavy atom. The summed E-state index contributed by atoms with van der Waals surface area (Å²) in [6, 6.07) is 4.15. The highest BCUT2D eigenvalue weighted by Crippen LogP contribution is 2.21. The summed E-state index contributed by atoms with van der Waals surface area (Å²) in [6.45, 7) is 2.64. The molecular formula is C14H19ClFN3O. The van der Waals surface area contributed by atoms with Crippen molar-refractivity contribution < 1.29 is 9.13 Å². The molecule has 110 valence electrons. The lowest BCUT2D eigenvalue weighted by Gasteiger charge is -2.01. The van der Waals surface area contributed by atoms with Crippen LogP contribution in [0.3, 0.4) is 0 Å². The standard InChI is InChI=1S/C14H19ClFN3O/c1-10(5-3-4-8-20-2)18-14(17)19-11-6-7-13(16)12(15)9-11/h6-7,9H,3-5,8H2,1-2H3,(H2,17,19). The van der Waals surface area contributed by atoms with Crippen molar-refractivity contribution in [3.05, 3.63) is 29.0 Å². The lowest BCUT2D eigenvalue weighted by Crippen LogP contribution is -2.10. The molecule has 2 N–H and O–H groups in total. The number of guanidine groups is 1. The Hall–Kier alpha value is -1.46. The summed E-state index contributed by atoms with van der Waals surface area (Å²) in [4.78, 5) is 8.27. The van der Waals surface area contributed by atoms with Gasteiger partial charge in [-0.3, -0.25) is 0 Å². The van der Waals surface area contributed by atoms with E-state index >= 15 is 0 Å². The summed E-state index contributed by atoms with van der Waals surface area (Å²) >= 11 is 5.67. The second-order valence-electron chi connectivity index (χ2n) is 4.37. The topological polar surface area (TPSA) is 60.0 Å². The summed E-state index contributed by atoms with van der Waals surface area (Å²) in [5, 5.41) is 0.0133. The van der Waals surface area contributed by atoms with Crippen LogP contribution in [0.25, 0.3) is 0 Å². The van der Waals surface area contributed by atoms with Gasteiger partial charge in [0, 0.05) is 19.4 Å². The Morgan fingerprint density at radius 2 is 2.15 bits per heavy atom. The van der Waals surface area contributed by atoms with Gasteiger partial charge in [-0.25, -0.2) is 14.4 Å². The third-order valence-electron chi connectivity index (χ3n) is 2.59. The van der Waals surface area contributed by atoms with E-state index in [9.17, 15) is 4.39 Å². The van der Waals surface area contributed by atoms with Crippen LogP contribution in [0.1, 0.15) is 26.2 Å². The first-order valence-electron chi connectivity index (χ1n) is 6.35. The van der Waals surface area contributed by atoms with Crippen molar-refractivity contribution in [3.8, 4) is 0 Å². The van der Waals surface area contributed by atoms with Gasteiger partial charge in [-0.15, -0.1) is 0 Å². The zero-order valence-electron chi connectivity index (χ0n) is 11.7. The van der Waals surface area contributed by atoms with E-state index in [0.717, 1.165) is 31.6 Å². The van der Waals surface area contributed by atoms with E-state index in [0.29, 0.717) is 5.69 Å². The van der Waals surface area contributed by atoms with E-state index in [-0.39, 0.29) is 11.0 Å². The number of halogens is 2. The molecule has 0 amide bonds. The van der Waals surface area contributed by atoms with Gasteiger partial charge < -0.3 is 10.5 Å². The van der Waals surface area contributed by atoms with Gasteiger partial charge in [0.25, 0.3) is 0 Å². The number of unbranched alkanes of at least 4 members (excludes halogenated alkanes) is 1. The first kappa shape index (κ1) is 16.6. The third kappa shape index (κ3) is 6.12. The van der Waals surface area contributed by atoms with Crippen molar-refractivity contribution in [3.63, 3.8) is 0 Å². The molecule has 0 bridgehead atoms. The molecule has 0 saturated heterocycles. The van der Waals surface area contributed by atoms with Gasteiger partial charge in [0.05, 0.1) is 10.7 Å². The molecule has 0 radical (unpaired) electrons. The summed E-state index contributed by atoms with van der Waals surface area (Å²) < 4.78 is 18.0. The monoisotopic (exact) mass is 299 g/mol. The minimum atomic E-state index is -0.484. The predicted molar refractivity (Wildman–Crippen MR) is 81.5 cm³/mol. The Labute approximate surface area is 123 Å². The van der Waals surface area contributed by atoms with E-state index in [4.69, 9.17) is 22.1 Å². The van der Waals surface area contributed by atoms with Gasteiger partial charge in [-0.2, -0.15) is 0 Å². The van der Waals surface area contributed by atoms with Crippen LogP contribution in [-0.4, -0.2) is 25.4 Å².